The highest BCUT2D eigenvalue weighted by Gasteiger charge is 2.33. The van der Waals surface area contributed by atoms with Crippen LogP contribution in [0.4, 0.5) is 5.69 Å². The number of nitriles is 1. The first kappa shape index (κ1) is 25.4. The zero-order valence-electron chi connectivity index (χ0n) is 19.4. The number of benzene rings is 1. The Labute approximate surface area is 209 Å². The van der Waals surface area contributed by atoms with Gasteiger partial charge in [0.15, 0.2) is 0 Å². The quantitative estimate of drug-likeness (QED) is 0.589. The fourth-order valence-electron chi connectivity index (χ4n) is 4.47. The Balaban J connectivity index is 1.43. The molecule has 10 nitrogen and oxygen atoms in total. The van der Waals surface area contributed by atoms with Crippen molar-refractivity contribution < 1.29 is 17.9 Å². The van der Waals surface area contributed by atoms with Crippen LogP contribution in [-0.4, -0.2) is 62.5 Å². The topological polar surface area (TPSA) is 127 Å². The molecule has 1 aromatic carbocycles. The summed E-state index contributed by atoms with van der Waals surface area (Å²) in [5.74, 6) is 0.488. The van der Waals surface area contributed by atoms with Crippen molar-refractivity contribution in [3.05, 3.63) is 45.3 Å². The van der Waals surface area contributed by atoms with E-state index in [0.29, 0.717) is 43.2 Å². The summed E-state index contributed by atoms with van der Waals surface area (Å²) >= 11 is 6.36. The van der Waals surface area contributed by atoms with E-state index in [1.807, 2.05) is 6.07 Å². The van der Waals surface area contributed by atoms with E-state index in [1.165, 1.54) is 34.3 Å². The molecule has 2 aromatic rings. The summed E-state index contributed by atoms with van der Waals surface area (Å²) in [5, 5.41) is 16.7. The highest BCUT2D eigenvalue weighted by molar-refractivity contribution is 7.89. The number of piperidine rings is 1. The Morgan fingerprint density at radius 2 is 2.09 bits per heavy atom. The predicted molar refractivity (Wildman–Crippen MR) is 130 cm³/mol. The molecule has 35 heavy (non-hydrogen) atoms. The Kier molecular flexibility index (Phi) is 7.96. The van der Waals surface area contributed by atoms with Gasteiger partial charge in [-0.2, -0.15) is 14.7 Å². The highest BCUT2D eigenvalue weighted by atomic mass is 35.5. The number of sulfonamides is 1. The lowest BCUT2D eigenvalue weighted by molar-refractivity contribution is 0.0595. The number of hydrogen-bond acceptors (Lipinski definition) is 8. The molecular formula is C23H28ClN5O5S. The van der Waals surface area contributed by atoms with Crippen LogP contribution in [0.25, 0.3) is 0 Å². The van der Waals surface area contributed by atoms with Crippen molar-refractivity contribution in [3.8, 4) is 11.8 Å². The van der Waals surface area contributed by atoms with Gasteiger partial charge in [0.05, 0.1) is 43.3 Å². The molecule has 0 bridgehead atoms. The minimum absolute atomic E-state index is 0.00887. The maximum absolute atomic E-state index is 13.2. The number of anilines is 1. The Hall–Kier alpha value is -2.65. The molecule has 1 N–H and O–H groups in total. The molecule has 3 heterocycles. The largest absolute Gasteiger partial charge is 0.495 e. The van der Waals surface area contributed by atoms with E-state index in [9.17, 15) is 13.2 Å². The van der Waals surface area contributed by atoms with Crippen molar-refractivity contribution in [3.63, 3.8) is 0 Å². The molecule has 0 radical (unpaired) electrons. The molecule has 2 aliphatic rings. The number of hydrogen-bond donors (Lipinski definition) is 1. The average Bonchev–Trinajstić information content (AvgIpc) is 2.89. The lowest BCUT2D eigenvalue weighted by Gasteiger charge is -2.32. The molecule has 1 aromatic heterocycles. The third-order valence-electron chi connectivity index (χ3n) is 6.46. The zero-order chi connectivity index (χ0) is 25.0. The molecule has 0 spiro atoms. The number of nitrogens with zero attached hydrogens (tertiary/aromatic N) is 4. The standard InChI is InChI=1S/C23H28ClN5O5S/c1-33-20-11-16(12-25)4-5-21(20)35(31,32)28-8-6-18(7-9-28)29-23(30)22(24)19(14-27-29)26-13-17-3-2-10-34-15-17/h4-5,11,14,17-18,26H,2-3,6-10,13,15H2,1H3/t17-/m1/s1. The normalized spacial score (nSPS) is 19.7. The number of nitrogens with one attached hydrogen (secondary N) is 1. The van der Waals surface area contributed by atoms with Gasteiger partial charge in [-0.1, -0.05) is 11.6 Å². The molecule has 1 atom stereocenters. The second-order valence-electron chi connectivity index (χ2n) is 8.70. The summed E-state index contributed by atoms with van der Waals surface area (Å²) in [4.78, 5) is 12.9. The number of aromatic nitrogens is 2. The fourth-order valence-corrected chi connectivity index (χ4v) is 6.28. The van der Waals surface area contributed by atoms with Gasteiger partial charge in [-0.3, -0.25) is 4.79 Å². The van der Waals surface area contributed by atoms with Crippen molar-refractivity contribution in [1.29, 1.82) is 5.26 Å². The van der Waals surface area contributed by atoms with Gasteiger partial charge < -0.3 is 14.8 Å². The second kappa shape index (κ2) is 11.0. The lowest BCUT2D eigenvalue weighted by atomic mass is 10.0. The number of halogens is 1. The van der Waals surface area contributed by atoms with Crippen molar-refractivity contribution >= 4 is 27.3 Å². The van der Waals surface area contributed by atoms with E-state index in [2.05, 4.69) is 10.4 Å². The fraction of sp³-hybridized carbons (Fsp3) is 0.522. The van der Waals surface area contributed by atoms with Gasteiger partial charge in [0, 0.05) is 26.2 Å². The van der Waals surface area contributed by atoms with E-state index in [4.69, 9.17) is 26.3 Å². The molecule has 0 aliphatic carbocycles. The molecule has 0 saturated carbocycles. The first-order valence-electron chi connectivity index (χ1n) is 11.5. The van der Waals surface area contributed by atoms with Crippen LogP contribution in [-0.2, 0) is 14.8 Å². The molecule has 2 saturated heterocycles. The van der Waals surface area contributed by atoms with Gasteiger partial charge in [-0.15, -0.1) is 0 Å². The molecule has 188 valence electrons. The summed E-state index contributed by atoms with van der Waals surface area (Å²) < 4.78 is 39.9. The molecule has 4 rings (SSSR count). The Morgan fingerprint density at radius 1 is 1.31 bits per heavy atom. The number of ether oxygens (including phenoxy) is 2. The SMILES string of the molecule is COc1cc(C#N)ccc1S(=O)(=O)N1CCC(n2ncc(NC[C@H]3CCCOC3)c(Cl)c2=O)CC1. The molecule has 2 aliphatic heterocycles. The van der Waals surface area contributed by atoms with Gasteiger partial charge in [0.25, 0.3) is 5.56 Å². The zero-order valence-corrected chi connectivity index (χ0v) is 21.0. The number of methoxy groups -OCH3 is 1. The minimum atomic E-state index is -3.83. The van der Waals surface area contributed by atoms with Gasteiger partial charge >= 0.3 is 0 Å². The summed E-state index contributed by atoms with van der Waals surface area (Å²) in [5.41, 5.74) is 0.407. The molecule has 2 fully saturated rings. The smallest absolute Gasteiger partial charge is 0.287 e. The molecule has 12 heteroatoms. The van der Waals surface area contributed by atoms with E-state index < -0.39 is 15.6 Å². The lowest BCUT2D eigenvalue weighted by Crippen LogP contribution is -2.41. The van der Waals surface area contributed by atoms with Crippen LogP contribution in [0.5, 0.6) is 5.75 Å². The highest BCUT2D eigenvalue weighted by Crippen LogP contribution is 2.31. The summed E-state index contributed by atoms with van der Waals surface area (Å²) in [6.45, 7) is 2.55. The van der Waals surface area contributed by atoms with Gasteiger partial charge in [-0.05, 0) is 49.8 Å². The maximum Gasteiger partial charge on any atom is 0.287 e. The first-order valence-corrected chi connectivity index (χ1v) is 13.3. The van der Waals surface area contributed by atoms with Crippen LogP contribution in [0.3, 0.4) is 0 Å². The first-order chi connectivity index (χ1) is 16.8. The van der Waals surface area contributed by atoms with Gasteiger partial charge in [0.1, 0.15) is 15.7 Å². The van der Waals surface area contributed by atoms with Crippen LogP contribution in [0.15, 0.2) is 34.1 Å². The monoisotopic (exact) mass is 521 g/mol. The van der Waals surface area contributed by atoms with Gasteiger partial charge in [-0.25, -0.2) is 13.1 Å². The van der Waals surface area contributed by atoms with E-state index >= 15 is 0 Å². The van der Waals surface area contributed by atoms with E-state index in [1.54, 1.807) is 6.20 Å². The molecule has 0 amide bonds. The van der Waals surface area contributed by atoms with Crippen LogP contribution in [0, 0.1) is 17.2 Å². The third-order valence-corrected chi connectivity index (χ3v) is 8.76. The average molecular weight is 522 g/mol. The maximum atomic E-state index is 13.2. The summed E-state index contributed by atoms with van der Waals surface area (Å²) in [6, 6.07) is 5.94. The van der Waals surface area contributed by atoms with Crippen LogP contribution < -0.4 is 15.6 Å². The Morgan fingerprint density at radius 3 is 2.74 bits per heavy atom. The second-order valence-corrected chi connectivity index (χ2v) is 11.0. The molecule has 0 unspecified atom stereocenters. The minimum Gasteiger partial charge on any atom is -0.495 e. The molecular weight excluding hydrogens is 494 g/mol. The predicted octanol–water partition coefficient (Wildman–Crippen LogP) is 2.64. The summed E-state index contributed by atoms with van der Waals surface area (Å²) in [7, 11) is -2.47. The van der Waals surface area contributed by atoms with Crippen LogP contribution in [0.1, 0.15) is 37.3 Å². The van der Waals surface area contributed by atoms with Crippen molar-refractivity contribution in [2.75, 3.05) is 45.3 Å². The van der Waals surface area contributed by atoms with Crippen molar-refractivity contribution in [2.24, 2.45) is 5.92 Å². The van der Waals surface area contributed by atoms with E-state index in [-0.39, 0.29) is 34.8 Å². The van der Waals surface area contributed by atoms with E-state index in [0.717, 1.165) is 19.4 Å². The third kappa shape index (κ3) is 5.46. The number of rotatable bonds is 7. The summed E-state index contributed by atoms with van der Waals surface area (Å²) in [6.07, 6.45) is 4.45. The van der Waals surface area contributed by atoms with Gasteiger partial charge in [0.2, 0.25) is 10.0 Å². The van der Waals surface area contributed by atoms with Crippen LogP contribution >= 0.6 is 11.6 Å². The van der Waals surface area contributed by atoms with Crippen molar-refractivity contribution in [2.45, 2.75) is 36.6 Å². The van der Waals surface area contributed by atoms with Crippen LogP contribution in [0.2, 0.25) is 5.02 Å². The Bertz CT molecular complexity index is 1260. The van der Waals surface area contributed by atoms with Crippen molar-refractivity contribution in [1.82, 2.24) is 14.1 Å².